The van der Waals surface area contributed by atoms with Crippen LogP contribution in [-0.2, 0) is 21.4 Å². The number of hydrogen-bond acceptors (Lipinski definition) is 4. The number of hydrogen-bond donors (Lipinski definition) is 1. The van der Waals surface area contributed by atoms with Crippen molar-refractivity contribution in [1.29, 1.82) is 0 Å². The molecule has 4 atom stereocenters. The number of carbonyl (C=O) groups excluding carboxylic acids is 1. The molecule has 7 heteroatoms. The van der Waals surface area contributed by atoms with Gasteiger partial charge in [-0.1, -0.05) is 6.42 Å². The first kappa shape index (κ1) is 16.6. The van der Waals surface area contributed by atoms with Gasteiger partial charge >= 0.3 is 5.97 Å². The molecule has 1 N–H and O–H groups in total. The number of aliphatic carboxylic acids is 1. The second-order valence-electron chi connectivity index (χ2n) is 7.76. The molecule has 0 aromatic carbocycles. The van der Waals surface area contributed by atoms with E-state index in [1.807, 2.05) is 14.0 Å². The third-order valence-electron chi connectivity index (χ3n) is 6.60. The summed E-state index contributed by atoms with van der Waals surface area (Å²) in [5.74, 6) is -0.851. The van der Waals surface area contributed by atoms with Gasteiger partial charge in [-0.3, -0.25) is 14.3 Å². The van der Waals surface area contributed by atoms with Crippen LogP contribution in [0.3, 0.4) is 0 Å². The fourth-order valence-electron chi connectivity index (χ4n) is 4.99. The largest absolute Gasteiger partial charge is 0.481 e. The second-order valence-corrected chi connectivity index (χ2v) is 7.76. The van der Waals surface area contributed by atoms with Gasteiger partial charge in [0.2, 0.25) is 5.91 Å². The van der Waals surface area contributed by atoms with Crippen LogP contribution in [0.1, 0.15) is 43.0 Å². The predicted molar refractivity (Wildman–Crippen MR) is 88.7 cm³/mol. The van der Waals surface area contributed by atoms with Crippen molar-refractivity contribution >= 4 is 11.9 Å². The molecule has 0 bridgehead atoms. The van der Waals surface area contributed by atoms with Crippen LogP contribution in [0.25, 0.3) is 0 Å². The standard InChI is InChI=1S/C18H25N3O4/c1-11-14(8-19-20(11)2)15-13(5-7-25-15)16(22)21-9-12-4-3-6-18(12,10-21)17(23)24/h8,12-13,15H,3-7,9-10H2,1-2H3,(H,23,24)/t12-,13-,15-,18+/m0/s1. The zero-order chi connectivity index (χ0) is 17.8. The number of carboxylic acids is 1. The third-order valence-corrected chi connectivity index (χ3v) is 6.60. The molecule has 0 radical (unpaired) electrons. The molecule has 3 heterocycles. The molecule has 1 aromatic rings. The highest BCUT2D eigenvalue weighted by Gasteiger charge is 2.56. The maximum atomic E-state index is 13.2. The van der Waals surface area contributed by atoms with E-state index >= 15 is 0 Å². The Labute approximate surface area is 146 Å². The number of fused-ring (bicyclic) bond motifs is 1. The van der Waals surface area contributed by atoms with E-state index in [1.54, 1.807) is 15.8 Å². The van der Waals surface area contributed by atoms with E-state index in [0.717, 1.165) is 24.1 Å². The predicted octanol–water partition coefficient (Wildman–Crippen LogP) is 1.52. The van der Waals surface area contributed by atoms with Crippen LogP contribution in [0.15, 0.2) is 6.20 Å². The quantitative estimate of drug-likeness (QED) is 0.896. The van der Waals surface area contributed by atoms with Crippen LogP contribution in [0.2, 0.25) is 0 Å². The zero-order valence-corrected chi connectivity index (χ0v) is 14.8. The van der Waals surface area contributed by atoms with Crippen molar-refractivity contribution in [2.45, 2.75) is 38.7 Å². The minimum atomic E-state index is -0.743. The molecule has 1 amide bonds. The number of aryl methyl sites for hydroxylation is 1. The van der Waals surface area contributed by atoms with Gasteiger partial charge in [-0.25, -0.2) is 0 Å². The fraction of sp³-hybridized carbons (Fsp3) is 0.722. The minimum Gasteiger partial charge on any atom is -0.481 e. The van der Waals surface area contributed by atoms with E-state index in [-0.39, 0.29) is 23.8 Å². The molecule has 136 valence electrons. The summed E-state index contributed by atoms with van der Waals surface area (Å²) in [6.07, 6.45) is 4.72. The van der Waals surface area contributed by atoms with Gasteiger partial charge in [-0.05, 0) is 32.1 Å². The van der Waals surface area contributed by atoms with Crippen molar-refractivity contribution in [2.75, 3.05) is 19.7 Å². The number of amides is 1. The van der Waals surface area contributed by atoms with Crippen LogP contribution >= 0.6 is 0 Å². The van der Waals surface area contributed by atoms with Crippen molar-refractivity contribution in [3.05, 3.63) is 17.5 Å². The summed E-state index contributed by atoms with van der Waals surface area (Å²) in [6.45, 7) is 3.45. The van der Waals surface area contributed by atoms with Gasteiger partial charge in [-0.15, -0.1) is 0 Å². The number of carbonyl (C=O) groups is 2. The summed E-state index contributed by atoms with van der Waals surface area (Å²) in [7, 11) is 1.88. The lowest BCUT2D eigenvalue weighted by Gasteiger charge is -2.26. The van der Waals surface area contributed by atoms with Gasteiger partial charge in [0, 0.05) is 38.0 Å². The van der Waals surface area contributed by atoms with Gasteiger partial charge in [0.05, 0.1) is 23.6 Å². The fourth-order valence-corrected chi connectivity index (χ4v) is 4.99. The van der Waals surface area contributed by atoms with E-state index < -0.39 is 11.4 Å². The highest BCUT2D eigenvalue weighted by atomic mass is 16.5. The summed E-state index contributed by atoms with van der Waals surface area (Å²) >= 11 is 0. The summed E-state index contributed by atoms with van der Waals surface area (Å²) in [4.78, 5) is 26.8. The van der Waals surface area contributed by atoms with Crippen molar-refractivity contribution in [3.8, 4) is 0 Å². The maximum Gasteiger partial charge on any atom is 0.311 e. The van der Waals surface area contributed by atoms with E-state index in [0.29, 0.717) is 32.5 Å². The topological polar surface area (TPSA) is 84.7 Å². The van der Waals surface area contributed by atoms with Crippen molar-refractivity contribution in [3.63, 3.8) is 0 Å². The van der Waals surface area contributed by atoms with Crippen LogP contribution in [0, 0.1) is 24.2 Å². The smallest absolute Gasteiger partial charge is 0.311 e. The highest BCUT2D eigenvalue weighted by molar-refractivity contribution is 5.83. The Balaban J connectivity index is 1.55. The molecule has 1 aliphatic carbocycles. The Morgan fingerprint density at radius 1 is 1.40 bits per heavy atom. The van der Waals surface area contributed by atoms with Crippen molar-refractivity contribution < 1.29 is 19.4 Å². The van der Waals surface area contributed by atoms with E-state index in [1.165, 1.54) is 0 Å². The average Bonchev–Trinajstić information content (AvgIpc) is 3.30. The van der Waals surface area contributed by atoms with Crippen LogP contribution < -0.4 is 0 Å². The monoisotopic (exact) mass is 347 g/mol. The molecule has 0 unspecified atom stereocenters. The highest BCUT2D eigenvalue weighted by Crippen LogP contribution is 2.50. The second kappa shape index (κ2) is 5.83. The first-order valence-electron chi connectivity index (χ1n) is 9.06. The van der Waals surface area contributed by atoms with Crippen molar-refractivity contribution in [1.82, 2.24) is 14.7 Å². The number of aromatic nitrogens is 2. The lowest BCUT2D eigenvalue weighted by molar-refractivity contribution is -0.149. The third kappa shape index (κ3) is 2.39. The summed E-state index contributed by atoms with van der Waals surface area (Å²) in [5.41, 5.74) is 1.24. The van der Waals surface area contributed by atoms with Crippen LogP contribution in [-0.4, -0.2) is 51.4 Å². The average molecular weight is 347 g/mol. The molecule has 2 saturated heterocycles. The molecule has 2 aliphatic heterocycles. The molecule has 0 spiro atoms. The Morgan fingerprint density at radius 2 is 2.20 bits per heavy atom. The number of carboxylic acid groups (broad SMARTS) is 1. The Hall–Kier alpha value is -1.89. The molecule has 7 nitrogen and oxygen atoms in total. The lowest BCUT2D eigenvalue weighted by Crippen LogP contribution is -2.40. The Morgan fingerprint density at radius 3 is 2.84 bits per heavy atom. The minimum absolute atomic E-state index is 0.0424. The number of likely N-dealkylation sites (tertiary alicyclic amines) is 1. The zero-order valence-electron chi connectivity index (χ0n) is 14.8. The normalized spacial score (nSPS) is 34.5. The Kier molecular flexibility index (Phi) is 3.86. The summed E-state index contributed by atoms with van der Waals surface area (Å²) in [6, 6.07) is 0. The molecule has 3 aliphatic rings. The number of rotatable bonds is 3. The molecule has 3 fully saturated rings. The van der Waals surface area contributed by atoms with E-state index in [9.17, 15) is 14.7 Å². The van der Waals surface area contributed by atoms with Gasteiger partial charge in [0.1, 0.15) is 0 Å². The van der Waals surface area contributed by atoms with Gasteiger partial charge in [0.15, 0.2) is 0 Å². The summed E-state index contributed by atoms with van der Waals surface area (Å²) < 4.78 is 7.67. The molecule has 1 aromatic heterocycles. The number of ether oxygens (including phenoxy) is 1. The van der Waals surface area contributed by atoms with Gasteiger partial charge in [0.25, 0.3) is 0 Å². The van der Waals surface area contributed by atoms with Gasteiger partial charge < -0.3 is 14.7 Å². The molecule has 4 rings (SSSR count). The maximum absolute atomic E-state index is 13.2. The first-order valence-corrected chi connectivity index (χ1v) is 9.06. The molecule has 25 heavy (non-hydrogen) atoms. The molecule has 1 saturated carbocycles. The molecular weight excluding hydrogens is 322 g/mol. The van der Waals surface area contributed by atoms with E-state index in [4.69, 9.17) is 4.74 Å². The van der Waals surface area contributed by atoms with E-state index in [2.05, 4.69) is 5.10 Å². The Bertz CT molecular complexity index is 715. The molecular formula is C18H25N3O4. The number of nitrogens with zero attached hydrogens (tertiary/aromatic N) is 3. The van der Waals surface area contributed by atoms with Crippen LogP contribution in [0.4, 0.5) is 0 Å². The first-order chi connectivity index (χ1) is 11.9. The SMILES string of the molecule is Cc1c([C@H]2OCC[C@@H]2C(=O)N2C[C@@H]3CCC[C@@]3(C(=O)O)C2)cnn1C. The van der Waals surface area contributed by atoms with Crippen molar-refractivity contribution in [2.24, 2.45) is 24.3 Å². The lowest BCUT2D eigenvalue weighted by atomic mass is 9.81. The summed E-state index contributed by atoms with van der Waals surface area (Å²) in [5, 5.41) is 14.0. The van der Waals surface area contributed by atoms with Gasteiger partial charge in [-0.2, -0.15) is 5.10 Å². The van der Waals surface area contributed by atoms with Crippen LogP contribution in [0.5, 0.6) is 0 Å².